The minimum absolute atomic E-state index is 0.0835. The van der Waals surface area contributed by atoms with Gasteiger partial charge in [0.15, 0.2) is 5.78 Å². The van der Waals surface area contributed by atoms with Crippen molar-refractivity contribution in [1.82, 2.24) is 0 Å². The Balaban J connectivity index is 1.46. The van der Waals surface area contributed by atoms with Crippen LogP contribution in [0.5, 0.6) is 11.5 Å². The molecule has 1 atom stereocenters. The zero-order valence-electron chi connectivity index (χ0n) is 16.7. The van der Waals surface area contributed by atoms with Gasteiger partial charge in [0.2, 0.25) is 0 Å². The number of hydrogen-bond acceptors (Lipinski definition) is 5. The molecular formula is C25H23NO4. The van der Waals surface area contributed by atoms with E-state index in [-0.39, 0.29) is 19.0 Å². The Hall–Kier alpha value is -3.62. The number of carbonyl (C=O) groups is 1. The molecular weight excluding hydrogens is 378 g/mol. The number of Topliss-reactive ketones (excluding diaryl/α,β-unsaturated/α-hetero) is 1. The monoisotopic (exact) mass is 401 g/mol. The van der Waals surface area contributed by atoms with E-state index in [9.17, 15) is 9.90 Å². The second kappa shape index (κ2) is 10.2. The average Bonchev–Trinajstić information content (AvgIpc) is 2.81. The van der Waals surface area contributed by atoms with Crippen LogP contribution in [0.25, 0.3) is 11.1 Å². The molecule has 1 unspecified atom stereocenters. The van der Waals surface area contributed by atoms with Gasteiger partial charge in [-0.1, -0.05) is 31.2 Å². The summed E-state index contributed by atoms with van der Waals surface area (Å²) >= 11 is 0. The number of aliphatic hydroxyl groups is 1. The number of hydrogen-bond donors (Lipinski definition) is 1. The molecule has 3 rings (SSSR count). The molecule has 1 N–H and O–H groups in total. The Morgan fingerprint density at radius 1 is 0.867 bits per heavy atom. The minimum atomic E-state index is -0.792. The number of rotatable bonds is 9. The van der Waals surface area contributed by atoms with Crippen LogP contribution in [0.3, 0.4) is 0 Å². The molecule has 0 aliphatic heterocycles. The van der Waals surface area contributed by atoms with Crippen LogP contribution in [0, 0.1) is 11.3 Å². The molecule has 5 heteroatoms. The fraction of sp³-hybridized carbons (Fsp3) is 0.200. The molecule has 0 radical (unpaired) electrons. The lowest BCUT2D eigenvalue weighted by Gasteiger charge is -2.14. The standard InChI is InChI=1S/C25H23NO4/c1-2-25(28)21-9-13-24(14-10-21)30-17-22(27)16-29-23-11-7-20(8-12-23)19-5-3-18(15-26)4-6-19/h3-14,22,27H,2,16-17H2,1H3. The van der Waals surface area contributed by atoms with Crippen LogP contribution < -0.4 is 9.47 Å². The second-order valence-corrected chi connectivity index (χ2v) is 6.79. The second-order valence-electron chi connectivity index (χ2n) is 6.79. The molecule has 30 heavy (non-hydrogen) atoms. The molecule has 0 bridgehead atoms. The molecule has 0 heterocycles. The van der Waals surface area contributed by atoms with Gasteiger partial charge in [0.05, 0.1) is 11.6 Å². The van der Waals surface area contributed by atoms with Crippen molar-refractivity contribution in [3.05, 3.63) is 83.9 Å². The Bertz CT molecular complexity index is 1000. The maximum absolute atomic E-state index is 11.6. The van der Waals surface area contributed by atoms with Crippen molar-refractivity contribution >= 4 is 5.78 Å². The SMILES string of the molecule is CCC(=O)c1ccc(OCC(O)COc2ccc(-c3ccc(C#N)cc3)cc2)cc1. The summed E-state index contributed by atoms with van der Waals surface area (Å²) < 4.78 is 11.2. The van der Waals surface area contributed by atoms with E-state index in [1.54, 1.807) is 36.4 Å². The third-order valence-electron chi connectivity index (χ3n) is 4.58. The van der Waals surface area contributed by atoms with Crippen LogP contribution in [-0.4, -0.2) is 30.2 Å². The van der Waals surface area contributed by atoms with Crippen molar-refractivity contribution in [2.75, 3.05) is 13.2 Å². The molecule has 0 fully saturated rings. The molecule has 0 aliphatic rings. The summed E-state index contributed by atoms with van der Waals surface area (Å²) in [5.74, 6) is 1.32. The first kappa shape index (κ1) is 21.1. The van der Waals surface area contributed by atoms with Crippen LogP contribution in [0.2, 0.25) is 0 Å². The van der Waals surface area contributed by atoms with E-state index < -0.39 is 6.10 Å². The van der Waals surface area contributed by atoms with Crippen LogP contribution >= 0.6 is 0 Å². The molecule has 0 saturated carbocycles. The maximum atomic E-state index is 11.6. The molecule has 0 saturated heterocycles. The Morgan fingerprint density at radius 3 is 1.80 bits per heavy atom. The number of aliphatic hydroxyl groups excluding tert-OH is 1. The highest BCUT2D eigenvalue weighted by Gasteiger charge is 2.08. The van der Waals surface area contributed by atoms with E-state index in [1.165, 1.54) is 0 Å². The van der Waals surface area contributed by atoms with Crippen LogP contribution in [0.4, 0.5) is 0 Å². The van der Waals surface area contributed by atoms with Gasteiger partial charge in [-0.3, -0.25) is 4.79 Å². The highest BCUT2D eigenvalue weighted by molar-refractivity contribution is 5.95. The third-order valence-corrected chi connectivity index (χ3v) is 4.58. The molecule has 0 amide bonds. The Kier molecular flexibility index (Phi) is 7.20. The summed E-state index contributed by atoms with van der Waals surface area (Å²) in [4.78, 5) is 11.6. The van der Waals surface area contributed by atoms with Gasteiger partial charge in [0.1, 0.15) is 30.8 Å². The van der Waals surface area contributed by atoms with Gasteiger partial charge in [-0.2, -0.15) is 5.26 Å². The number of benzene rings is 3. The lowest BCUT2D eigenvalue weighted by atomic mass is 10.0. The largest absolute Gasteiger partial charge is 0.491 e. The summed E-state index contributed by atoms with van der Waals surface area (Å²) in [5.41, 5.74) is 3.31. The molecule has 3 aromatic carbocycles. The first-order chi connectivity index (χ1) is 14.6. The summed E-state index contributed by atoms with van der Waals surface area (Å²) in [6.45, 7) is 2.01. The van der Waals surface area contributed by atoms with E-state index in [0.717, 1.165) is 11.1 Å². The van der Waals surface area contributed by atoms with Crippen LogP contribution in [-0.2, 0) is 0 Å². The maximum Gasteiger partial charge on any atom is 0.162 e. The van der Waals surface area contributed by atoms with E-state index in [2.05, 4.69) is 6.07 Å². The van der Waals surface area contributed by atoms with Crippen molar-refractivity contribution in [2.45, 2.75) is 19.4 Å². The molecule has 0 aliphatic carbocycles. The van der Waals surface area contributed by atoms with Crippen LogP contribution in [0.15, 0.2) is 72.8 Å². The molecule has 5 nitrogen and oxygen atoms in total. The van der Waals surface area contributed by atoms with Gasteiger partial charge >= 0.3 is 0 Å². The van der Waals surface area contributed by atoms with Gasteiger partial charge in [0.25, 0.3) is 0 Å². The normalized spacial score (nSPS) is 11.4. The zero-order valence-corrected chi connectivity index (χ0v) is 16.7. The fourth-order valence-electron chi connectivity index (χ4n) is 2.85. The highest BCUT2D eigenvalue weighted by atomic mass is 16.5. The van der Waals surface area contributed by atoms with Crippen molar-refractivity contribution < 1.29 is 19.4 Å². The molecule has 3 aromatic rings. The van der Waals surface area contributed by atoms with Gasteiger partial charge in [-0.15, -0.1) is 0 Å². The van der Waals surface area contributed by atoms with Gasteiger partial charge in [-0.05, 0) is 59.7 Å². The number of carbonyl (C=O) groups excluding carboxylic acids is 1. The van der Waals surface area contributed by atoms with Crippen molar-refractivity contribution in [2.24, 2.45) is 0 Å². The van der Waals surface area contributed by atoms with Crippen LogP contribution in [0.1, 0.15) is 29.3 Å². The first-order valence-corrected chi connectivity index (χ1v) is 9.76. The van der Waals surface area contributed by atoms with Gasteiger partial charge in [-0.25, -0.2) is 0 Å². The van der Waals surface area contributed by atoms with E-state index >= 15 is 0 Å². The smallest absolute Gasteiger partial charge is 0.162 e. The Labute approximate surface area is 176 Å². The highest BCUT2D eigenvalue weighted by Crippen LogP contribution is 2.23. The van der Waals surface area contributed by atoms with Crippen molar-refractivity contribution in [1.29, 1.82) is 5.26 Å². The lowest BCUT2D eigenvalue weighted by molar-refractivity contribution is 0.0626. The third kappa shape index (κ3) is 5.69. The summed E-state index contributed by atoms with van der Waals surface area (Å²) in [5, 5.41) is 19.0. The van der Waals surface area contributed by atoms with Gasteiger partial charge in [0, 0.05) is 12.0 Å². The lowest BCUT2D eigenvalue weighted by Crippen LogP contribution is -2.25. The van der Waals surface area contributed by atoms with Crippen molar-refractivity contribution in [3.8, 4) is 28.7 Å². The first-order valence-electron chi connectivity index (χ1n) is 9.76. The van der Waals surface area contributed by atoms with E-state index in [1.807, 2.05) is 43.3 Å². The van der Waals surface area contributed by atoms with E-state index in [0.29, 0.717) is 29.0 Å². The number of ketones is 1. The summed E-state index contributed by atoms with van der Waals surface area (Å²) in [6, 6.07) is 23.9. The molecule has 0 aromatic heterocycles. The number of nitriles is 1. The summed E-state index contributed by atoms with van der Waals surface area (Å²) in [7, 11) is 0. The number of ether oxygens (including phenoxy) is 2. The number of nitrogens with zero attached hydrogens (tertiary/aromatic N) is 1. The molecule has 0 spiro atoms. The molecule has 152 valence electrons. The predicted molar refractivity (Wildman–Crippen MR) is 115 cm³/mol. The minimum Gasteiger partial charge on any atom is -0.491 e. The van der Waals surface area contributed by atoms with Crippen molar-refractivity contribution in [3.63, 3.8) is 0 Å². The predicted octanol–water partition coefficient (Wildman–Crippen LogP) is 4.64. The Morgan fingerprint density at radius 2 is 1.33 bits per heavy atom. The fourth-order valence-corrected chi connectivity index (χ4v) is 2.85. The quantitative estimate of drug-likeness (QED) is 0.529. The van der Waals surface area contributed by atoms with E-state index in [4.69, 9.17) is 14.7 Å². The summed E-state index contributed by atoms with van der Waals surface area (Å²) in [6.07, 6.45) is -0.329. The zero-order chi connectivity index (χ0) is 21.3. The average molecular weight is 401 g/mol. The van der Waals surface area contributed by atoms with Gasteiger partial charge < -0.3 is 14.6 Å². The topological polar surface area (TPSA) is 79.6 Å².